The van der Waals surface area contributed by atoms with E-state index in [1.807, 2.05) is 22.7 Å². The number of nitrogens with two attached hydrogens (primary N) is 1. The lowest BCUT2D eigenvalue weighted by Gasteiger charge is -2.03. The van der Waals surface area contributed by atoms with Crippen LogP contribution in [-0.2, 0) is 6.42 Å². The molecule has 0 amide bonds. The molecule has 15 heavy (non-hydrogen) atoms. The highest BCUT2D eigenvalue weighted by atomic mass is 15.2. The van der Waals surface area contributed by atoms with Crippen LogP contribution in [0.4, 0.5) is 5.69 Å². The van der Waals surface area contributed by atoms with Crippen molar-refractivity contribution in [2.45, 2.75) is 26.7 Å². The zero-order chi connectivity index (χ0) is 10.8. The van der Waals surface area contributed by atoms with E-state index in [4.69, 9.17) is 5.73 Å². The molecule has 2 aromatic rings. The lowest BCUT2D eigenvalue weighted by Crippen LogP contribution is -1.99. The number of aryl methyl sites for hydroxylation is 1. The summed E-state index contributed by atoms with van der Waals surface area (Å²) in [4.78, 5) is 0. The molecule has 0 saturated carbocycles. The zero-order valence-corrected chi connectivity index (χ0v) is 9.14. The highest BCUT2D eigenvalue weighted by Crippen LogP contribution is 2.11. The van der Waals surface area contributed by atoms with Gasteiger partial charge < -0.3 is 5.73 Å². The van der Waals surface area contributed by atoms with Crippen LogP contribution in [0.1, 0.15) is 26.1 Å². The molecule has 80 valence electrons. The Morgan fingerprint density at radius 2 is 2.13 bits per heavy atom. The van der Waals surface area contributed by atoms with Crippen molar-refractivity contribution in [3.05, 3.63) is 24.2 Å². The first-order valence-electron chi connectivity index (χ1n) is 5.26. The van der Waals surface area contributed by atoms with E-state index in [1.54, 1.807) is 0 Å². The predicted molar refractivity (Wildman–Crippen MR) is 60.6 cm³/mol. The minimum absolute atomic E-state index is 0.679. The fourth-order valence-electron chi connectivity index (χ4n) is 1.54. The zero-order valence-electron chi connectivity index (χ0n) is 9.14. The summed E-state index contributed by atoms with van der Waals surface area (Å²) in [6.45, 7) is 4.41. The van der Waals surface area contributed by atoms with Gasteiger partial charge in [-0.15, -0.1) is 10.2 Å². The molecule has 0 unspecified atom stereocenters. The van der Waals surface area contributed by atoms with Crippen LogP contribution in [0.15, 0.2) is 18.3 Å². The van der Waals surface area contributed by atoms with Crippen molar-refractivity contribution in [3.63, 3.8) is 0 Å². The predicted octanol–water partition coefficient (Wildman–Crippen LogP) is 1.90. The second-order valence-corrected chi connectivity index (χ2v) is 4.24. The maximum absolute atomic E-state index is 5.73. The Balaban J connectivity index is 2.31. The van der Waals surface area contributed by atoms with Crippen LogP contribution in [0.3, 0.4) is 0 Å². The summed E-state index contributed by atoms with van der Waals surface area (Å²) in [6.07, 6.45) is 3.95. The highest BCUT2D eigenvalue weighted by molar-refractivity contribution is 5.47. The average molecular weight is 204 g/mol. The monoisotopic (exact) mass is 204 g/mol. The molecule has 2 N–H and O–H groups in total. The van der Waals surface area contributed by atoms with Crippen LogP contribution in [0, 0.1) is 5.92 Å². The van der Waals surface area contributed by atoms with Crippen molar-refractivity contribution in [1.82, 2.24) is 14.6 Å². The van der Waals surface area contributed by atoms with Crippen LogP contribution in [-0.4, -0.2) is 14.6 Å². The molecule has 0 aromatic carbocycles. The van der Waals surface area contributed by atoms with Gasteiger partial charge in [0.2, 0.25) is 0 Å². The van der Waals surface area contributed by atoms with Crippen molar-refractivity contribution >= 4 is 11.3 Å². The van der Waals surface area contributed by atoms with E-state index in [0.717, 1.165) is 30.0 Å². The minimum atomic E-state index is 0.679. The van der Waals surface area contributed by atoms with E-state index in [9.17, 15) is 0 Å². The third-order valence-corrected chi connectivity index (χ3v) is 2.44. The summed E-state index contributed by atoms with van der Waals surface area (Å²) in [5.74, 6) is 1.67. The Kier molecular flexibility index (Phi) is 2.58. The molecule has 4 nitrogen and oxygen atoms in total. The van der Waals surface area contributed by atoms with E-state index >= 15 is 0 Å². The first-order chi connectivity index (χ1) is 7.16. The van der Waals surface area contributed by atoms with Gasteiger partial charge in [-0.05, 0) is 24.5 Å². The number of nitrogens with zero attached hydrogens (tertiary/aromatic N) is 3. The Labute approximate surface area is 89.1 Å². The van der Waals surface area contributed by atoms with Gasteiger partial charge in [-0.1, -0.05) is 13.8 Å². The Morgan fingerprint density at radius 3 is 2.87 bits per heavy atom. The summed E-state index contributed by atoms with van der Waals surface area (Å²) in [5, 5.41) is 8.26. The number of aromatic nitrogens is 3. The fraction of sp³-hybridized carbons (Fsp3) is 0.455. The van der Waals surface area contributed by atoms with Crippen LogP contribution in [0.5, 0.6) is 0 Å². The van der Waals surface area contributed by atoms with E-state index < -0.39 is 0 Å². The lowest BCUT2D eigenvalue weighted by molar-refractivity contribution is 0.572. The SMILES string of the molecule is CC(C)CCc1nnc2ccc(N)cn12. The first-order valence-corrected chi connectivity index (χ1v) is 5.26. The molecule has 4 heteroatoms. The van der Waals surface area contributed by atoms with Crippen molar-refractivity contribution in [1.29, 1.82) is 0 Å². The number of hydrogen-bond acceptors (Lipinski definition) is 3. The van der Waals surface area contributed by atoms with Crippen molar-refractivity contribution in [2.75, 3.05) is 5.73 Å². The molecular formula is C11H16N4. The molecule has 0 saturated heterocycles. The van der Waals surface area contributed by atoms with Gasteiger partial charge in [0.25, 0.3) is 0 Å². The fourth-order valence-corrected chi connectivity index (χ4v) is 1.54. The molecule has 0 spiro atoms. The normalized spacial score (nSPS) is 11.4. The third kappa shape index (κ3) is 2.09. The van der Waals surface area contributed by atoms with Gasteiger partial charge in [-0.2, -0.15) is 0 Å². The smallest absolute Gasteiger partial charge is 0.160 e. The number of pyridine rings is 1. The molecule has 2 rings (SSSR count). The average Bonchev–Trinajstić information content (AvgIpc) is 2.57. The summed E-state index contributed by atoms with van der Waals surface area (Å²) in [6, 6.07) is 3.73. The van der Waals surface area contributed by atoms with Gasteiger partial charge in [0, 0.05) is 18.3 Å². The minimum Gasteiger partial charge on any atom is -0.398 e. The quantitative estimate of drug-likeness (QED) is 0.830. The maximum Gasteiger partial charge on any atom is 0.160 e. The van der Waals surface area contributed by atoms with Gasteiger partial charge in [0.1, 0.15) is 5.82 Å². The summed E-state index contributed by atoms with van der Waals surface area (Å²) >= 11 is 0. The Morgan fingerprint density at radius 1 is 1.33 bits per heavy atom. The van der Waals surface area contributed by atoms with E-state index in [0.29, 0.717) is 5.92 Å². The molecule has 0 bridgehead atoms. The van der Waals surface area contributed by atoms with Crippen molar-refractivity contribution < 1.29 is 0 Å². The van der Waals surface area contributed by atoms with Crippen LogP contribution >= 0.6 is 0 Å². The molecular weight excluding hydrogens is 188 g/mol. The number of nitrogen functional groups attached to an aromatic ring is 1. The Hall–Kier alpha value is -1.58. The first kappa shape index (κ1) is 9.96. The largest absolute Gasteiger partial charge is 0.398 e. The van der Waals surface area contributed by atoms with Crippen molar-refractivity contribution in [2.24, 2.45) is 5.92 Å². The standard InChI is InChI=1S/C11H16N4/c1-8(2)3-5-10-13-14-11-6-4-9(12)7-15(10)11/h4,6-8H,3,5,12H2,1-2H3. The summed E-state index contributed by atoms with van der Waals surface area (Å²) < 4.78 is 1.97. The molecule has 2 aromatic heterocycles. The molecule has 0 aliphatic carbocycles. The summed E-state index contributed by atoms with van der Waals surface area (Å²) in [5.41, 5.74) is 7.34. The number of fused-ring (bicyclic) bond motifs is 1. The van der Waals surface area contributed by atoms with Gasteiger partial charge >= 0.3 is 0 Å². The third-order valence-electron chi connectivity index (χ3n) is 2.44. The summed E-state index contributed by atoms with van der Waals surface area (Å²) in [7, 11) is 0. The molecule has 0 aliphatic heterocycles. The number of anilines is 1. The molecule has 2 heterocycles. The number of hydrogen-bond donors (Lipinski definition) is 1. The number of rotatable bonds is 3. The van der Waals surface area contributed by atoms with Gasteiger partial charge in [-0.3, -0.25) is 4.40 Å². The molecule has 0 atom stereocenters. The van der Waals surface area contributed by atoms with Gasteiger partial charge in [0.15, 0.2) is 5.65 Å². The second-order valence-electron chi connectivity index (χ2n) is 4.24. The van der Waals surface area contributed by atoms with E-state index in [-0.39, 0.29) is 0 Å². The molecule has 0 aliphatic rings. The van der Waals surface area contributed by atoms with E-state index in [2.05, 4.69) is 24.0 Å². The lowest BCUT2D eigenvalue weighted by atomic mass is 10.1. The molecule has 0 fully saturated rings. The van der Waals surface area contributed by atoms with Crippen LogP contribution < -0.4 is 5.73 Å². The van der Waals surface area contributed by atoms with Gasteiger partial charge in [0.05, 0.1) is 0 Å². The van der Waals surface area contributed by atoms with Gasteiger partial charge in [-0.25, -0.2) is 0 Å². The Bertz CT molecular complexity index is 459. The van der Waals surface area contributed by atoms with Crippen LogP contribution in [0.2, 0.25) is 0 Å². The second kappa shape index (κ2) is 3.88. The molecule has 0 radical (unpaired) electrons. The topological polar surface area (TPSA) is 56.2 Å². The van der Waals surface area contributed by atoms with E-state index in [1.165, 1.54) is 0 Å². The van der Waals surface area contributed by atoms with Crippen molar-refractivity contribution in [3.8, 4) is 0 Å². The highest BCUT2D eigenvalue weighted by Gasteiger charge is 2.05. The van der Waals surface area contributed by atoms with Crippen LogP contribution in [0.25, 0.3) is 5.65 Å². The maximum atomic E-state index is 5.73.